The molecule has 0 atom stereocenters. The predicted molar refractivity (Wildman–Crippen MR) is 104 cm³/mol. The van der Waals surface area contributed by atoms with Crippen LogP contribution in [0.15, 0.2) is 30.3 Å². The monoisotopic (exact) mass is 396 g/mol. The summed E-state index contributed by atoms with van der Waals surface area (Å²) >= 11 is 0. The molecule has 0 aliphatic carbocycles. The fourth-order valence-corrected chi connectivity index (χ4v) is 2.30. The van der Waals surface area contributed by atoms with Crippen LogP contribution in [0.3, 0.4) is 0 Å². The van der Waals surface area contributed by atoms with Crippen molar-refractivity contribution in [1.29, 1.82) is 0 Å². The lowest BCUT2D eigenvalue weighted by atomic mass is 10.1. The van der Waals surface area contributed by atoms with E-state index < -0.39 is 8.26 Å². The molecule has 1 aromatic rings. The van der Waals surface area contributed by atoms with Gasteiger partial charge in [-0.1, -0.05) is 82.9 Å². The molecule has 3 nitrogen and oxygen atoms in total. The minimum absolute atomic E-state index is 0.862. The maximum absolute atomic E-state index is 9.16. The molecular formula is C18H30Cl2O3S. The number of benzene rings is 1. The lowest BCUT2D eigenvalue weighted by Crippen LogP contribution is -1.96. The molecule has 0 aliphatic heterocycles. The van der Waals surface area contributed by atoms with E-state index in [1.165, 1.54) is 64.2 Å². The molecule has 1 aromatic carbocycles. The number of hydrogen-bond acceptors (Lipinski definition) is 3. The molecule has 0 aromatic heterocycles. The lowest BCUT2D eigenvalue weighted by Gasteiger charge is -2.05. The van der Waals surface area contributed by atoms with Gasteiger partial charge in [0.15, 0.2) is 0 Å². The SMILES string of the molecule is CCCCCCCCCCCCOc1ccccc1.O=S(=O)(Cl)Cl. The Bertz CT molecular complexity index is 470. The molecule has 0 saturated carbocycles. The van der Waals surface area contributed by atoms with Crippen molar-refractivity contribution in [3.05, 3.63) is 30.3 Å². The van der Waals surface area contributed by atoms with Gasteiger partial charge in [-0.2, -0.15) is 8.42 Å². The Balaban J connectivity index is 0.000000922. The predicted octanol–water partition coefficient (Wildman–Crippen LogP) is 6.70. The molecule has 24 heavy (non-hydrogen) atoms. The highest BCUT2D eigenvalue weighted by Crippen LogP contribution is 2.12. The zero-order valence-electron chi connectivity index (χ0n) is 14.6. The zero-order valence-corrected chi connectivity index (χ0v) is 16.9. The van der Waals surface area contributed by atoms with Crippen molar-refractivity contribution in [2.45, 2.75) is 71.1 Å². The van der Waals surface area contributed by atoms with Crippen LogP contribution in [-0.4, -0.2) is 15.0 Å². The molecule has 6 heteroatoms. The van der Waals surface area contributed by atoms with E-state index in [1.54, 1.807) is 0 Å². The van der Waals surface area contributed by atoms with Crippen LogP contribution in [0.2, 0.25) is 0 Å². The fraction of sp³-hybridized carbons (Fsp3) is 0.667. The van der Waals surface area contributed by atoms with E-state index in [1.807, 2.05) is 30.3 Å². The molecule has 0 unspecified atom stereocenters. The first-order chi connectivity index (χ1) is 11.4. The minimum Gasteiger partial charge on any atom is -0.494 e. The van der Waals surface area contributed by atoms with E-state index in [0.29, 0.717) is 0 Å². The molecule has 0 N–H and O–H groups in total. The number of unbranched alkanes of at least 4 members (excludes halogenated alkanes) is 9. The summed E-state index contributed by atoms with van der Waals surface area (Å²) in [5, 5.41) is 0. The molecule has 0 amide bonds. The minimum atomic E-state index is -3.72. The number of rotatable bonds is 12. The van der Waals surface area contributed by atoms with E-state index in [-0.39, 0.29) is 0 Å². The quantitative estimate of drug-likeness (QED) is 0.291. The van der Waals surface area contributed by atoms with Gasteiger partial charge in [-0.15, -0.1) is 0 Å². The van der Waals surface area contributed by atoms with E-state index >= 15 is 0 Å². The smallest absolute Gasteiger partial charge is 0.317 e. The summed E-state index contributed by atoms with van der Waals surface area (Å²) in [7, 11) is 4.81. The van der Waals surface area contributed by atoms with Gasteiger partial charge in [0.25, 0.3) is 0 Å². The molecule has 0 radical (unpaired) electrons. The summed E-state index contributed by atoms with van der Waals surface area (Å²) in [6, 6.07) is 10.1. The van der Waals surface area contributed by atoms with E-state index in [0.717, 1.165) is 12.4 Å². The van der Waals surface area contributed by atoms with Crippen molar-refractivity contribution in [3.63, 3.8) is 0 Å². The van der Waals surface area contributed by atoms with Gasteiger partial charge in [-0.25, -0.2) is 0 Å². The topological polar surface area (TPSA) is 43.4 Å². The van der Waals surface area contributed by atoms with Crippen LogP contribution in [0.25, 0.3) is 0 Å². The molecule has 140 valence electrons. The van der Waals surface area contributed by atoms with E-state index in [9.17, 15) is 0 Å². The first-order valence-electron chi connectivity index (χ1n) is 8.75. The van der Waals surface area contributed by atoms with Crippen molar-refractivity contribution < 1.29 is 13.2 Å². The van der Waals surface area contributed by atoms with Gasteiger partial charge in [0.1, 0.15) is 5.75 Å². The average molecular weight is 397 g/mol. The molecule has 0 spiro atoms. The Labute approximate surface area is 156 Å². The van der Waals surface area contributed by atoms with Gasteiger partial charge in [0.05, 0.1) is 6.61 Å². The highest BCUT2D eigenvalue weighted by atomic mass is 36.0. The second-order valence-electron chi connectivity index (χ2n) is 5.72. The largest absolute Gasteiger partial charge is 0.494 e. The number of ether oxygens (including phenoxy) is 1. The van der Waals surface area contributed by atoms with Crippen LogP contribution in [0.5, 0.6) is 5.75 Å². The summed E-state index contributed by atoms with van der Waals surface area (Å²) in [5.74, 6) is 0.999. The third-order valence-electron chi connectivity index (χ3n) is 3.51. The zero-order chi connectivity index (χ0) is 18.1. The molecule has 0 heterocycles. The fourth-order valence-electron chi connectivity index (χ4n) is 2.30. The Morgan fingerprint density at radius 1 is 0.792 bits per heavy atom. The standard InChI is InChI=1S/C18H30O.Cl2O2S/c1-2-3-4-5-6-7-8-9-10-14-17-19-18-15-12-11-13-16-18;1-5(2,3)4/h11-13,15-16H,2-10,14,17H2,1H3;. The van der Waals surface area contributed by atoms with Crippen molar-refractivity contribution in [3.8, 4) is 5.75 Å². The third-order valence-corrected chi connectivity index (χ3v) is 3.51. The van der Waals surface area contributed by atoms with Gasteiger partial charge in [-0.3, -0.25) is 0 Å². The lowest BCUT2D eigenvalue weighted by molar-refractivity contribution is 0.304. The summed E-state index contributed by atoms with van der Waals surface area (Å²) in [4.78, 5) is 0. The normalized spacial score (nSPS) is 10.8. The summed E-state index contributed by atoms with van der Waals surface area (Å²) in [5.41, 5.74) is 0. The molecular weight excluding hydrogens is 367 g/mol. The third kappa shape index (κ3) is 21.6. The maximum Gasteiger partial charge on any atom is 0.317 e. The van der Waals surface area contributed by atoms with Gasteiger partial charge in [0, 0.05) is 21.4 Å². The number of para-hydroxylation sites is 1. The summed E-state index contributed by atoms with van der Waals surface area (Å²) in [6.07, 6.45) is 13.7. The van der Waals surface area contributed by atoms with E-state index in [4.69, 9.17) is 13.2 Å². The van der Waals surface area contributed by atoms with Crippen LogP contribution in [0.4, 0.5) is 0 Å². The molecule has 0 bridgehead atoms. The van der Waals surface area contributed by atoms with Crippen LogP contribution < -0.4 is 4.74 Å². The number of hydrogen-bond donors (Lipinski definition) is 0. The summed E-state index contributed by atoms with van der Waals surface area (Å²) in [6.45, 7) is 3.14. The van der Waals surface area contributed by atoms with Crippen LogP contribution in [0, 0.1) is 0 Å². The van der Waals surface area contributed by atoms with Gasteiger partial charge in [0.2, 0.25) is 0 Å². The van der Waals surface area contributed by atoms with Gasteiger partial charge >= 0.3 is 8.26 Å². The number of halogens is 2. The Kier molecular flexibility index (Phi) is 15.7. The second kappa shape index (κ2) is 16.0. The van der Waals surface area contributed by atoms with Crippen molar-refractivity contribution in [2.75, 3.05) is 6.61 Å². The Morgan fingerprint density at radius 2 is 1.21 bits per heavy atom. The second-order valence-corrected chi connectivity index (χ2v) is 9.39. The van der Waals surface area contributed by atoms with Gasteiger partial charge < -0.3 is 4.74 Å². The first-order valence-corrected chi connectivity index (χ1v) is 11.9. The molecule has 0 fully saturated rings. The first kappa shape index (κ1) is 23.5. The molecule has 0 aliphatic rings. The maximum atomic E-state index is 9.16. The molecule has 1 rings (SSSR count). The highest BCUT2D eigenvalue weighted by Gasteiger charge is 1.94. The van der Waals surface area contributed by atoms with Crippen molar-refractivity contribution >= 4 is 29.6 Å². The molecule has 0 saturated heterocycles. The van der Waals surface area contributed by atoms with Crippen molar-refractivity contribution in [2.24, 2.45) is 0 Å². The Hall–Kier alpha value is -0.450. The van der Waals surface area contributed by atoms with Crippen LogP contribution >= 0.6 is 21.4 Å². The van der Waals surface area contributed by atoms with Crippen LogP contribution in [0.1, 0.15) is 71.1 Å². The summed E-state index contributed by atoms with van der Waals surface area (Å²) < 4.78 is 24.0. The van der Waals surface area contributed by atoms with Crippen molar-refractivity contribution in [1.82, 2.24) is 0 Å². The van der Waals surface area contributed by atoms with Gasteiger partial charge in [-0.05, 0) is 18.6 Å². The van der Waals surface area contributed by atoms with Crippen LogP contribution in [-0.2, 0) is 8.26 Å². The van der Waals surface area contributed by atoms with E-state index in [2.05, 4.69) is 28.3 Å². The Morgan fingerprint density at radius 3 is 1.67 bits per heavy atom. The average Bonchev–Trinajstić information content (AvgIpc) is 2.52. The highest BCUT2D eigenvalue weighted by molar-refractivity contribution is 8.31.